The molecule has 248 valence electrons. The highest BCUT2D eigenvalue weighted by Crippen LogP contribution is 2.58. The first-order valence-corrected chi connectivity index (χ1v) is 19.5. The second-order valence-corrected chi connectivity index (χ2v) is 17.1. The van der Waals surface area contributed by atoms with E-state index in [2.05, 4.69) is 32.2 Å². The molecule has 4 unspecified atom stereocenters. The van der Waals surface area contributed by atoms with Gasteiger partial charge in [-0.25, -0.2) is 23.9 Å². The van der Waals surface area contributed by atoms with E-state index in [0.29, 0.717) is 11.0 Å². The van der Waals surface area contributed by atoms with Gasteiger partial charge >= 0.3 is 13.5 Å². The van der Waals surface area contributed by atoms with Gasteiger partial charge in [-0.3, -0.25) is 27.5 Å². The number of thiol groups is 1. The molecule has 3 fully saturated rings. The number of aliphatic hydroxyl groups excluding tert-OH is 1. The van der Waals surface area contributed by atoms with Crippen LogP contribution >= 0.6 is 60.6 Å². The molecule has 16 nitrogen and oxygen atoms in total. The lowest BCUT2D eigenvalue weighted by Crippen LogP contribution is -2.38. The summed E-state index contributed by atoms with van der Waals surface area (Å²) in [6, 6.07) is 2.93. The molecule has 24 heteroatoms. The van der Waals surface area contributed by atoms with E-state index in [1.54, 1.807) is 0 Å². The van der Waals surface area contributed by atoms with Crippen molar-refractivity contribution in [3.8, 4) is 0 Å². The van der Waals surface area contributed by atoms with Crippen LogP contribution in [0, 0.1) is 0 Å². The summed E-state index contributed by atoms with van der Waals surface area (Å²) in [6.07, 6.45) is -9.91. The molecule has 0 aliphatic carbocycles. The van der Waals surface area contributed by atoms with Gasteiger partial charge in [0, 0.05) is 0 Å². The molecule has 1 aromatic carbocycles. The van der Waals surface area contributed by atoms with Crippen LogP contribution in [0.15, 0.2) is 29.6 Å². The number of fused-ring (bicyclic) bond motifs is 4. The van der Waals surface area contributed by atoms with E-state index < -0.39 is 81.4 Å². The minimum atomic E-state index is -4.40. The van der Waals surface area contributed by atoms with E-state index >= 15 is 4.39 Å². The molecule has 0 radical (unpaired) electrons. The van der Waals surface area contributed by atoms with Crippen molar-refractivity contribution < 1.29 is 46.5 Å². The Morgan fingerprint density at radius 3 is 2.54 bits per heavy atom. The Kier molecular flexibility index (Phi) is 8.87. The molecule has 0 bridgehead atoms. The van der Waals surface area contributed by atoms with Crippen molar-refractivity contribution >= 4 is 94.6 Å². The predicted octanol–water partition coefficient (Wildman–Crippen LogP) is 3.70. The summed E-state index contributed by atoms with van der Waals surface area (Å²) in [5.41, 5.74) is 0.0235. The lowest BCUT2D eigenvalue weighted by Gasteiger charge is -2.29. The van der Waals surface area contributed by atoms with Crippen molar-refractivity contribution in [2.75, 3.05) is 13.2 Å². The van der Waals surface area contributed by atoms with Crippen LogP contribution in [0.25, 0.3) is 22.2 Å². The minimum Gasteiger partial charge on any atom is -0.386 e. The number of rotatable bonds is 2. The maximum atomic E-state index is 16.0. The highest BCUT2D eigenvalue weighted by atomic mass is 35.5. The van der Waals surface area contributed by atoms with Crippen molar-refractivity contribution in [1.29, 1.82) is 0 Å². The van der Waals surface area contributed by atoms with Gasteiger partial charge in [0.1, 0.15) is 30.5 Å². The van der Waals surface area contributed by atoms with Crippen LogP contribution < -0.4 is 5.56 Å². The number of alkyl halides is 1. The van der Waals surface area contributed by atoms with E-state index in [4.69, 9.17) is 74.2 Å². The number of nitrogens with zero attached hydrogens (tertiary/aromatic N) is 5. The third-order valence-electron chi connectivity index (χ3n) is 7.47. The quantitative estimate of drug-likeness (QED) is 0.170. The molecule has 3 aromatic heterocycles. The molecule has 0 spiro atoms. The summed E-state index contributed by atoms with van der Waals surface area (Å²) in [5.74, 6) is 0. The van der Waals surface area contributed by atoms with Gasteiger partial charge < -0.3 is 29.0 Å². The maximum Gasteiger partial charge on any atom is 0.386 e. The Morgan fingerprint density at radius 1 is 1.07 bits per heavy atom. The summed E-state index contributed by atoms with van der Waals surface area (Å²) < 4.78 is 65.9. The number of benzene rings is 1. The fraction of sp³-hybridized carbons (Fsp3) is 0.455. The monoisotopic (exact) mass is 778 g/mol. The lowest BCUT2D eigenvalue weighted by molar-refractivity contribution is -0.0568. The number of imidazole rings is 2. The molecule has 3 aliphatic rings. The number of aliphatic hydroxyl groups is 1. The smallest absolute Gasteiger partial charge is 0.386 e. The fourth-order valence-corrected chi connectivity index (χ4v) is 8.95. The van der Waals surface area contributed by atoms with Crippen molar-refractivity contribution in [1.82, 2.24) is 29.1 Å². The second-order valence-electron chi connectivity index (χ2n) is 10.3. The highest BCUT2D eigenvalue weighted by molar-refractivity contribution is 8.44. The predicted molar refractivity (Wildman–Crippen MR) is 166 cm³/mol. The molecule has 4 aromatic rings. The van der Waals surface area contributed by atoms with Crippen LogP contribution in [-0.4, -0.2) is 89.0 Å². The van der Waals surface area contributed by atoms with E-state index in [1.165, 1.54) is 16.7 Å². The number of hydrogen-bond donors (Lipinski definition) is 4. The Balaban J connectivity index is 1.18. The zero-order chi connectivity index (χ0) is 32.7. The first-order valence-electron chi connectivity index (χ1n) is 13.1. The van der Waals surface area contributed by atoms with Gasteiger partial charge in [0.15, 0.2) is 29.8 Å². The maximum absolute atomic E-state index is 16.0. The van der Waals surface area contributed by atoms with Crippen LogP contribution in [0.5, 0.6) is 0 Å². The number of aromatic nitrogens is 6. The second kappa shape index (κ2) is 12.3. The van der Waals surface area contributed by atoms with E-state index in [0.717, 1.165) is 17.2 Å². The molecule has 0 saturated carbocycles. The van der Waals surface area contributed by atoms with Crippen LogP contribution in [0.2, 0.25) is 15.3 Å². The van der Waals surface area contributed by atoms with Gasteiger partial charge in [0.25, 0.3) is 5.56 Å². The molecule has 10 atom stereocenters. The van der Waals surface area contributed by atoms with Crippen LogP contribution in [-0.2, 0) is 43.9 Å². The lowest BCUT2D eigenvalue weighted by atomic mass is 10.1. The third-order valence-corrected chi connectivity index (χ3v) is 11.6. The van der Waals surface area contributed by atoms with E-state index in [1.807, 2.05) is 0 Å². The van der Waals surface area contributed by atoms with E-state index in [9.17, 15) is 19.4 Å². The summed E-state index contributed by atoms with van der Waals surface area (Å²) in [5, 5.41) is 11.6. The standard InChI is InChI=1S/C22H20Cl3FN6O10P2S2/c23-7-1-9-10(2-8(7)24)32(22(25)30-9)21-15(33)17-12(40-21)4-38-43(35,45)41-16-11(3-37-44(36,46)42-17)39-20(13(16)26)31-6-29-14-18(31)27-5-28-19(14)34/h1-2,5-6,11-13,15-17,20-21,33H,3-4H2,(H,35,45)(H,36,46)(H,27,28,34)/t11-,12-,13+,15?,16?,17+,20-,21-,43?,44?/m1/s1. The average molecular weight is 780 g/mol. The first kappa shape index (κ1) is 33.3. The number of ether oxygens (including phenoxy) is 2. The zero-order valence-corrected chi connectivity index (χ0v) is 28.3. The van der Waals surface area contributed by atoms with Gasteiger partial charge in [-0.05, 0) is 35.5 Å². The molecular weight excluding hydrogens is 760 g/mol. The number of nitrogens with one attached hydrogen (secondary N) is 1. The Labute approximate surface area is 281 Å². The number of H-pyrrole nitrogens is 1. The number of aromatic amines is 1. The van der Waals surface area contributed by atoms with E-state index in [-0.39, 0.29) is 26.5 Å². The van der Waals surface area contributed by atoms with Gasteiger partial charge in [-0.1, -0.05) is 35.5 Å². The Morgan fingerprint density at radius 2 is 1.76 bits per heavy atom. The molecule has 3 aliphatic heterocycles. The van der Waals surface area contributed by atoms with Crippen LogP contribution in [0.4, 0.5) is 4.39 Å². The topological polar surface area (TPSA) is 194 Å². The number of halogens is 4. The van der Waals surface area contributed by atoms with Crippen molar-refractivity contribution in [2.24, 2.45) is 0 Å². The summed E-state index contributed by atoms with van der Waals surface area (Å²) in [6.45, 7) is -9.86. The van der Waals surface area contributed by atoms with Gasteiger partial charge in [0.05, 0.1) is 46.9 Å². The molecule has 7 rings (SSSR count). The van der Waals surface area contributed by atoms with Crippen LogP contribution in [0.3, 0.4) is 0 Å². The minimum absolute atomic E-state index is 0.000192. The van der Waals surface area contributed by atoms with Gasteiger partial charge in [-0.2, -0.15) is 0 Å². The van der Waals surface area contributed by atoms with Crippen molar-refractivity contribution in [2.45, 2.75) is 49.1 Å². The first-order chi connectivity index (χ1) is 21.7. The Bertz CT molecular complexity index is 2010. The molecule has 6 heterocycles. The molecule has 3 N–H and O–H groups in total. The van der Waals surface area contributed by atoms with Crippen LogP contribution in [0.1, 0.15) is 12.5 Å². The number of hydrogen-bond acceptors (Lipinski definition) is 13. The van der Waals surface area contributed by atoms with Crippen molar-refractivity contribution in [3.63, 3.8) is 0 Å². The third kappa shape index (κ3) is 5.97. The Hall–Kier alpha value is -1.25. The molecule has 46 heavy (non-hydrogen) atoms. The highest BCUT2D eigenvalue weighted by Gasteiger charge is 2.53. The van der Waals surface area contributed by atoms with Crippen molar-refractivity contribution in [3.05, 3.63) is 50.5 Å². The summed E-state index contributed by atoms with van der Waals surface area (Å²) >= 11 is 27.9. The van der Waals surface area contributed by atoms with Gasteiger partial charge in [-0.15, -0.1) is 0 Å². The molecule has 3 saturated heterocycles. The molecular formula is C22H20Cl3FN6O10P2S2. The zero-order valence-electron chi connectivity index (χ0n) is 22.5. The largest absolute Gasteiger partial charge is 0.386 e. The SMILES string of the molecule is O=c1[nH]cnc2c1ncn2[C@@H]1O[C@@H]2COP(O)(=S)O[C@@H]3C(O)[C@H](n4c(Cl)nc5cc(Cl)c(Cl)cc54)O[C@@H]3COP(=O)(S)OC2[C@@H]1F. The average Bonchev–Trinajstić information content (AvgIpc) is 3.71. The summed E-state index contributed by atoms with van der Waals surface area (Å²) in [4.78, 5) is 37.7. The molecule has 0 amide bonds. The normalized spacial score (nSPS) is 37.2. The van der Waals surface area contributed by atoms with Gasteiger partial charge in [0.2, 0.25) is 5.28 Å². The fourth-order valence-electron chi connectivity index (χ4n) is 5.43. The summed E-state index contributed by atoms with van der Waals surface area (Å²) in [7, 11) is 0.